The van der Waals surface area contributed by atoms with Gasteiger partial charge >= 0.3 is 6.03 Å². The standard InChI is InChI=1S/C14H16N2O3/c1-18-10-12-4-2-3-5-13(12)16-14(17)15-8-11-6-7-19-9-11/h2-7,9H,8,10H2,1H3,(H2,15,16,17). The third kappa shape index (κ3) is 3.86. The molecule has 5 heteroatoms. The largest absolute Gasteiger partial charge is 0.472 e. The molecule has 19 heavy (non-hydrogen) atoms. The first-order chi connectivity index (χ1) is 9.29. The van der Waals surface area contributed by atoms with Gasteiger partial charge in [0.05, 0.1) is 19.1 Å². The molecule has 0 atom stereocenters. The summed E-state index contributed by atoms with van der Waals surface area (Å²) in [6.45, 7) is 0.882. The lowest BCUT2D eigenvalue weighted by atomic mass is 10.2. The number of carbonyl (C=O) groups excluding carboxylic acids is 1. The summed E-state index contributed by atoms with van der Waals surface area (Å²) in [6, 6.07) is 9.07. The van der Waals surface area contributed by atoms with Crippen LogP contribution in [0.3, 0.4) is 0 Å². The molecule has 100 valence electrons. The number of benzene rings is 1. The summed E-state index contributed by atoms with van der Waals surface area (Å²) in [6.07, 6.45) is 3.17. The number of rotatable bonds is 5. The van der Waals surface area contributed by atoms with Crippen molar-refractivity contribution in [2.45, 2.75) is 13.2 Å². The number of carbonyl (C=O) groups is 1. The van der Waals surface area contributed by atoms with Gasteiger partial charge in [0.15, 0.2) is 0 Å². The van der Waals surface area contributed by atoms with Gasteiger partial charge in [-0.25, -0.2) is 4.79 Å². The molecule has 0 aliphatic carbocycles. The number of anilines is 1. The first kappa shape index (κ1) is 13.2. The monoisotopic (exact) mass is 260 g/mol. The zero-order valence-electron chi connectivity index (χ0n) is 10.7. The van der Waals surface area contributed by atoms with Crippen molar-refractivity contribution in [1.82, 2.24) is 5.32 Å². The van der Waals surface area contributed by atoms with Gasteiger partial charge in [-0.05, 0) is 12.1 Å². The van der Waals surface area contributed by atoms with Crippen LogP contribution in [-0.4, -0.2) is 13.1 Å². The fourth-order valence-electron chi connectivity index (χ4n) is 1.67. The molecule has 0 saturated carbocycles. The maximum Gasteiger partial charge on any atom is 0.319 e. The molecular weight excluding hydrogens is 244 g/mol. The van der Waals surface area contributed by atoms with E-state index >= 15 is 0 Å². The second-order valence-electron chi connectivity index (χ2n) is 4.03. The van der Waals surface area contributed by atoms with E-state index < -0.39 is 0 Å². The summed E-state index contributed by atoms with van der Waals surface area (Å²) in [5.74, 6) is 0. The number of para-hydroxylation sites is 1. The minimum absolute atomic E-state index is 0.259. The molecule has 0 spiro atoms. The molecular formula is C14H16N2O3. The fourth-order valence-corrected chi connectivity index (χ4v) is 1.67. The zero-order chi connectivity index (χ0) is 13.5. The average Bonchev–Trinajstić information content (AvgIpc) is 2.92. The van der Waals surface area contributed by atoms with Crippen molar-refractivity contribution in [2.75, 3.05) is 12.4 Å². The summed E-state index contributed by atoms with van der Waals surface area (Å²) in [7, 11) is 1.62. The Balaban J connectivity index is 1.91. The Morgan fingerprint density at radius 3 is 2.89 bits per heavy atom. The van der Waals surface area contributed by atoms with Crippen molar-refractivity contribution in [3.8, 4) is 0 Å². The molecule has 0 aliphatic rings. The van der Waals surface area contributed by atoms with Crippen molar-refractivity contribution in [1.29, 1.82) is 0 Å². The van der Waals surface area contributed by atoms with Gasteiger partial charge in [0.2, 0.25) is 0 Å². The van der Waals surface area contributed by atoms with E-state index in [2.05, 4.69) is 10.6 Å². The van der Waals surface area contributed by atoms with Crippen LogP contribution in [0.1, 0.15) is 11.1 Å². The van der Waals surface area contributed by atoms with Gasteiger partial charge in [0.1, 0.15) is 0 Å². The maximum atomic E-state index is 11.8. The van der Waals surface area contributed by atoms with Gasteiger partial charge in [0, 0.05) is 30.5 Å². The summed E-state index contributed by atoms with van der Waals surface area (Å²) >= 11 is 0. The van der Waals surface area contributed by atoms with E-state index in [9.17, 15) is 4.79 Å². The topological polar surface area (TPSA) is 63.5 Å². The lowest BCUT2D eigenvalue weighted by Crippen LogP contribution is -2.28. The Bertz CT molecular complexity index is 523. The van der Waals surface area contributed by atoms with Crippen LogP contribution in [0.5, 0.6) is 0 Å². The molecule has 0 saturated heterocycles. The number of methoxy groups -OCH3 is 1. The fraction of sp³-hybridized carbons (Fsp3) is 0.214. The van der Waals surface area contributed by atoms with Crippen molar-refractivity contribution in [3.05, 3.63) is 54.0 Å². The highest BCUT2D eigenvalue weighted by atomic mass is 16.5. The van der Waals surface area contributed by atoms with E-state index in [1.165, 1.54) is 0 Å². The van der Waals surface area contributed by atoms with E-state index in [0.717, 1.165) is 16.8 Å². The summed E-state index contributed by atoms with van der Waals surface area (Å²) in [5, 5.41) is 5.55. The molecule has 2 aromatic rings. The number of furan rings is 1. The van der Waals surface area contributed by atoms with Crippen molar-refractivity contribution >= 4 is 11.7 Å². The normalized spacial score (nSPS) is 10.2. The first-order valence-electron chi connectivity index (χ1n) is 5.92. The second-order valence-corrected chi connectivity index (χ2v) is 4.03. The first-order valence-corrected chi connectivity index (χ1v) is 5.92. The zero-order valence-corrected chi connectivity index (χ0v) is 10.7. The molecule has 2 N–H and O–H groups in total. The summed E-state index contributed by atoms with van der Waals surface area (Å²) in [5.41, 5.74) is 2.60. The number of amides is 2. The Morgan fingerprint density at radius 2 is 2.16 bits per heavy atom. The molecule has 1 heterocycles. The molecule has 0 radical (unpaired) electrons. The maximum absolute atomic E-state index is 11.8. The van der Waals surface area contributed by atoms with Gasteiger partial charge in [0.25, 0.3) is 0 Å². The molecule has 1 aromatic carbocycles. The molecule has 2 amide bonds. The summed E-state index contributed by atoms with van der Waals surface area (Å²) < 4.78 is 10.0. The Labute approximate surface area is 111 Å². The van der Waals surface area contributed by atoms with Gasteiger partial charge in [-0.3, -0.25) is 0 Å². The Morgan fingerprint density at radius 1 is 1.32 bits per heavy atom. The van der Waals surface area contributed by atoms with E-state index in [1.807, 2.05) is 24.3 Å². The number of nitrogens with one attached hydrogen (secondary N) is 2. The SMILES string of the molecule is COCc1ccccc1NC(=O)NCc1ccoc1. The van der Waals surface area contributed by atoms with E-state index in [4.69, 9.17) is 9.15 Å². The van der Waals surface area contributed by atoms with Crippen LogP contribution in [0.25, 0.3) is 0 Å². The third-order valence-electron chi connectivity index (χ3n) is 2.60. The molecule has 0 aliphatic heterocycles. The summed E-state index contributed by atoms with van der Waals surface area (Å²) in [4.78, 5) is 11.8. The van der Waals surface area contributed by atoms with Gasteiger partial charge in [-0.2, -0.15) is 0 Å². The van der Waals surface area contributed by atoms with Crippen LogP contribution >= 0.6 is 0 Å². The van der Waals surface area contributed by atoms with Crippen LogP contribution in [0.4, 0.5) is 10.5 Å². The Hall–Kier alpha value is -2.27. The second kappa shape index (κ2) is 6.61. The number of urea groups is 1. The van der Waals surface area contributed by atoms with Gasteiger partial charge in [-0.1, -0.05) is 18.2 Å². The predicted octanol–water partition coefficient (Wildman–Crippen LogP) is 2.75. The molecule has 0 unspecified atom stereocenters. The number of ether oxygens (including phenoxy) is 1. The minimum Gasteiger partial charge on any atom is -0.472 e. The highest BCUT2D eigenvalue weighted by molar-refractivity contribution is 5.90. The quantitative estimate of drug-likeness (QED) is 0.868. The smallest absolute Gasteiger partial charge is 0.319 e. The van der Waals surface area contributed by atoms with Crippen LogP contribution in [0.15, 0.2) is 47.3 Å². The van der Waals surface area contributed by atoms with Crippen molar-refractivity contribution in [2.24, 2.45) is 0 Å². The van der Waals surface area contributed by atoms with Crippen LogP contribution in [0, 0.1) is 0 Å². The minimum atomic E-state index is -0.259. The lowest BCUT2D eigenvalue weighted by molar-refractivity contribution is 0.185. The number of hydrogen-bond acceptors (Lipinski definition) is 3. The van der Waals surface area contributed by atoms with Crippen LogP contribution in [0.2, 0.25) is 0 Å². The van der Waals surface area contributed by atoms with Crippen molar-refractivity contribution in [3.63, 3.8) is 0 Å². The predicted molar refractivity (Wildman–Crippen MR) is 71.7 cm³/mol. The average molecular weight is 260 g/mol. The van der Waals surface area contributed by atoms with Crippen LogP contribution in [-0.2, 0) is 17.9 Å². The molecule has 0 bridgehead atoms. The van der Waals surface area contributed by atoms with E-state index in [0.29, 0.717) is 13.2 Å². The Kier molecular flexibility index (Phi) is 4.58. The highest BCUT2D eigenvalue weighted by Crippen LogP contribution is 2.15. The van der Waals surface area contributed by atoms with Crippen LogP contribution < -0.4 is 10.6 Å². The lowest BCUT2D eigenvalue weighted by Gasteiger charge is -2.11. The van der Waals surface area contributed by atoms with E-state index in [1.54, 1.807) is 25.7 Å². The molecule has 1 aromatic heterocycles. The molecule has 0 fully saturated rings. The van der Waals surface area contributed by atoms with Crippen molar-refractivity contribution < 1.29 is 13.9 Å². The third-order valence-corrected chi connectivity index (χ3v) is 2.60. The molecule has 5 nitrogen and oxygen atoms in total. The molecule has 2 rings (SSSR count). The van der Waals surface area contributed by atoms with Gasteiger partial charge in [-0.15, -0.1) is 0 Å². The number of hydrogen-bond donors (Lipinski definition) is 2. The highest BCUT2D eigenvalue weighted by Gasteiger charge is 2.06. The van der Waals surface area contributed by atoms with E-state index in [-0.39, 0.29) is 6.03 Å². The van der Waals surface area contributed by atoms with Gasteiger partial charge < -0.3 is 19.8 Å².